The van der Waals surface area contributed by atoms with Gasteiger partial charge in [-0.15, -0.1) is 0 Å². The summed E-state index contributed by atoms with van der Waals surface area (Å²) in [4.78, 5) is 12.1. The SMILES string of the molecule is Cn1cc(C(O)CNC(=O)c2cccc(C(F)(F)F)c2)c2ccccc21. The van der Waals surface area contributed by atoms with Gasteiger partial charge in [-0.3, -0.25) is 4.79 Å². The van der Waals surface area contributed by atoms with Gasteiger partial charge in [0.2, 0.25) is 0 Å². The number of carbonyl (C=O) groups is 1. The number of aliphatic hydroxyl groups is 1. The summed E-state index contributed by atoms with van der Waals surface area (Å²) in [5.41, 5.74) is 0.586. The number of nitrogens with zero attached hydrogens (tertiary/aromatic N) is 1. The minimum atomic E-state index is -4.52. The number of alkyl halides is 3. The van der Waals surface area contributed by atoms with E-state index in [2.05, 4.69) is 5.32 Å². The van der Waals surface area contributed by atoms with Gasteiger partial charge in [0.05, 0.1) is 11.7 Å². The summed E-state index contributed by atoms with van der Waals surface area (Å²) in [6.07, 6.45) is -3.72. The highest BCUT2D eigenvalue weighted by atomic mass is 19.4. The molecule has 0 aliphatic heterocycles. The summed E-state index contributed by atoms with van der Waals surface area (Å²) in [7, 11) is 1.85. The molecular formula is C19H17F3N2O2. The molecule has 1 amide bonds. The van der Waals surface area contributed by atoms with Crippen molar-refractivity contribution < 1.29 is 23.1 Å². The van der Waals surface area contributed by atoms with Gasteiger partial charge in [0.15, 0.2) is 0 Å². The molecule has 4 nitrogen and oxygen atoms in total. The largest absolute Gasteiger partial charge is 0.416 e. The molecular weight excluding hydrogens is 345 g/mol. The predicted molar refractivity (Wildman–Crippen MR) is 91.7 cm³/mol. The molecule has 0 bridgehead atoms. The molecule has 7 heteroatoms. The van der Waals surface area contributed by atoms with E-state index < -0.39 is 23.8 Å². The van der Waals surface area contributed by atoms with Crippen LogP contribution in [0.25, 0.3) is 10.9 Å². The number of fused-ring (bicyclic) bond motifs is 1. The second-order valence-corrected chi connectivity index (χ2v) is 6.02. The molecule has 0 saturated carbocycles. The number of benzene rings is 2. The number of hydrogen-bond acceptors (Lipinski definition) is 2. The van der Waals surface area contributed by atoms with Crippen LogP contribution in [-0.4, -0.2) is 22.1 Å². The van der Waals surface area contributed by atoms with Crippen LogP contribution < -0.4 is 5.32 Å². The maximum Gasteiger partial charge on any atom is 0.416 e. The van der Waals surface area contributed by atoms with Crippen LogP contribution in [0.15, 0.2) is 54.7 Å². The Hall–Kier alpha value is -2.80. The smallest absolute Gasteiger partial charge is 0.386 e. The zero-order valence-corrected chi connectivity index (χ0v) is 13.9. The highest BCUT2D eigenvalue weighted by molar-refractivity contribution is 5.94. The van der Waals surface area contributed by atoms with Gasteiger partial charge in [-0.2, -0.15) is 13.2 Å². The van der Waals surface area contributed by atoms with Crippen LogP contribution in [0, 0.1) is 0 Å². The second kappa shape index (κ2) is 6.84. The van der Waals surface area contributed by atoms with Gasteiger partial charge < -0.3 is 15.0 Å². The molecule has 26 heavy (non-hydrogen) atoms. The molecule has 0 radical (unpaired) electrons. The van der Waals surface area contributed by atoms with Gasteiger partial charge in [-0.25, -0.2) is 0 Å². The molecule has 0 aliphatic carbocycles. The lowest BCUT2D eigenvalue weighted by Crippen LogP contribution is -2.28. The third kappa shape index (κ3) is 3.57. The number of aliphatic hydroxyl groups excluding tert-OH is 1. The molecule has 3 rings (SSSR count). The first-order chi connectivity index (χ1) is 12.3. The maximum atomic E-state index is 12.7. The van der Waals surface area contributed by atoms with Crippen molar-refractivity contribution in [1.82, 2.24) is 9.88 Å². The number of para-hydroxylation sites is 1. The van der Waals surface area contributed by atoms with Crippen LogP contribution >= 0.6 is 0 Å². The molecule has 136 valence electrons. The molecule has 3 aromatic rings. The third-order valence-corrected chi connectivity index (χ3v) is 4.19. The summed E-state index contributed by atoms with van der Waals surface area (Å²) in [6, 6.07) is 11.7. The fraction of sp³-hybridized carbons (Fsp3) is 0.211. The predicted octanol–water partition coefficient (Wildman–Crippen LogP) is 3.66. The normalized spacial score (nSPS) is 13.0. The van der Waals surface area contributed by atoms with Crippen molar-refractivity contribution in [3.8, 4) is 0 Å². The van der Waals surface area contributed by atoms with E-state index in [1.165, 1.54) is 12.1 Å². The van der Waals surface area contributed by atoms with Crippen molar-refractivity contribution in [2.24, 2.45) is 7.05 Å². The Morgan fingerprint density at radius 2 is 1.92 bits per heavy atom. The summed E-state index contributed by atoms with van der Waals surface area (Å²) in [6.45, 7) is -0.108. The third-order valence-electron chi connectivity index (χ3n) is 4.19. The van der Waals surface area contributed by atoms with Crippen LogP contribution in [-0.2, 0) is 13.2 Å². The Balaban J connectivity index is 1.73. The van der Waals surface area contributed by atoms with Crippen LogP contribution in [0.4, 0.5) is 13.2 Å². The van der Waals surface area contributed by atoms with E-state index in [1.807, 2.05) is 35.9 Å². The van der Waals surface area contributed by atoms with Crippen LogP contribution in [0.2, 0.25) is 0 Å². The van der Waals surface area contributed by atoms with Crippen LogP contribution in [0.1, 0.15) is 27.6 Å². The van der Waals surface area contributed by atoms with Crippen molar-refractivity contribution >= 4 is 16.8 Å². The van der Waals surface area contributed by atoms with Crippen molar-refractivity contribution in [3.05, 3.63) is 71.4 Å². The quantitative estimate of drug-likeness (QED) is 0.744. The fourth-order valence-corrected chi connectivity index (χ4v) is 2.88. The van der Waals surface area contributed by atoms with Crippen molar-refractivity contribution in [1.29, 1.82) is 0 Å². The first kappa shape index (κ1) is 18.0. The molecule has 0 fully saturated rings. The Kier molecular flexibility index (Phi) is 4.73. The number of amides is 1. The Morgan fingerprint density at radius 3 is 2.65 bits per heavy atom. The number of aryl methyl sites for hydroxylation is 1. The second-order valence-electron chi connectivity index (χ2n) is 6.02. The summed E-state index contributed by atoms with van der Waals surface area (Å²) < 4.78 is 40.1. The topological polar surface area (TPSA) is 54.3 Å². The molecule has 1 unspecified atom stereocenters. The van der Waals surface area contributed by atoms with E-state index in [9.17, 15) is 23.1 Å². The number of hydrogen-bond donors (Lipinski definition) is 2. The zero-order chi connectivity index (χ0) is 18.9. The van der Waals surface area contributed by atoms with Gasteiger partial charge in [-0.1, -0.05) is 24.3 Å². The number of halogens is 3. The fourth-order valence-electron chi connectivity index (χ4n) is 2.88. The van der Waals surface area contributed by atoms with E-state index in [1.54, 1.807) is 6.20 Å². The highest BCUT2D eigenvalue weighted by Crippen LogP contribution is 2.29. The average molecular weight is 362 g/mol. The Bertz CT molecular complexity index is 947. The molecule has 1 heterocycles. The molecule has 1 atom stereocenters. The molecule has 2 aromatic carbocycles. The number of aromatic nitrogens is 1. The summed E-state index contributed by atoms with van der Waals surface area (Å²) >= 11 is 0. The lowest BCUT2D eigenvalue weighted by Gasteiger charge is -2.12. The molecule has 0 aliphatic rings. The van der Waals surface area contributed by atoms with Gasteiger partial charge in [0.25, 0.3) is 5.91 Å². The Morgan fingerprint density at radius 1 is 1.19 bits per heavy atom. The van der Waals surface area contributed by atoms with Crippen molar-refractivity contribution in [3.63, 3.8) is 0 Å². The molecule has 2 N–H and O–H groups in total. The number of carbonyl (C=O) groups excluding carboxylic acids is 1. The van der Waals surface area contributed by atoms with Crippen molar-refractivity contribution in [2.75, 3.05) is 6.54 Å². The van der Waals surface area contributed by atoms with Gasteiger partial charge >= 0.3 is 6.18 Å². The van der Waals surface area contributed by atoms with Crippen molar-refractivity contribution in [2.45, 2.75) is 12.3 Å². The first-order valence-corrected chi connectivity index (χ1v) is 7.95. The van der Waals surface area contributed by atoms with E-state index in [0.29, 0.717) is 5.56 Å². The van der Waals surface area contributed by atoms with E-state index in [0.717, 1.165) is 23.0 Å². The average Bonchev–Trinajstić information content (AvgIpc) is 2.96. The number of nitrogens with one attached hydrogen (secondary N) is 1. The molecule has 1 aromatic heterocycles. The van der Waals surface area contributed by atoms with Gasteiger partial charge in [0, 0.05) is 41.8 Å². The molecule has 0 saturated heterocycles. The monoisotopic (exact) mass is 362 g/mol. The molecule has 0 spiro atoms. The minimum Gasteiger partial charge on any atom is -0.386 e. The van der Waals surface area contributed by atoms with E-state index >= 15 is 0 Å². The summed E-state index contributed by atoms with van der Waals surface area (Å²) in [5.74, 6) is -0.671. The summed E-state index contributed by atoms with van der Waals surface area (Å²) in [5, 5.41) is 13.7. The van der Waals surface area contributed by atoms with E-state index in [-0.39, 0.29) is 12.1 Å². The van der Waals surface area contributed by atoms with E-state index in [4.69, 9.17) is 0 Å². The standard InChI is InChI=1S/C19H17F3N2O2/c1-24-11-15(14-7-2-3-8-16(14)24)17(25)10-23-18(26)12-5-4-6-13(9-12)19(20,21)22/h2-9,11,17,25H,10H2,1H3,(H,23,26). The maximum absolute atomic E-state index is 12.7. The van der Waals surface area contributed by atoms with Gasteiger partial charge in [0.1, 0.15) is 0 Å². The minimum absolute atomic E-state index is 0.107. The van der Waals surface area contributed by atoms with Crippen LogP contribution in [0.3, 0.4) is 0 Å². The highest BCUT2D eigenvalue weighted by Gasteiger charge is 2.30. The van der Waals surface area contributed by atoms with Gasteiger partial charge in [-0.05, 0) is 24.3 Å². The lowest BCUT2D eigenvalue weighted by atomic mass is 10.1. The first-order valence-electron chi connectivity index (χ1n) is 7.95. The Labute approximate surface area is 147 Å². The zero-order valence-electron chi connectivity index (χ0n) is 13.9. The number of rotatable bonds is 4. The van der Waals surface area contributed by atoms with Crippen LogP contribution in [0.5, 0.6) is 0 Å². The lowest BCUT2D eigenvalue weighted by molar-refractivity contribution is -0.137.